The fraction of sp³-hybridized carbons (Fsp3) is 0.286. The third-order valence-electron chi connectivity index (χ3n) is 2.09. The summed E-state index contributed by atoms with van der Waals surface area (Å²) < 4.78 is 0. The van der Waals surface area contributed by atoms with E-state index in [-0.39, 0.29) is 5.12 Å². The van der Waals surface area contributed by atoms with Gasteiger partial charge in [0.15, 0.2) is 11.4 Å². The number of benzene rings is 1. The highest BCUT2D eigenvalue weighted by Crippen LogP contribution is 2.08. The lowest BCUT2D eigenvalue weighted by Gasteiger charge is -1.97. The first kappa shape index (κ1) is 13.5. The quantitative estimate of drug-likeness (QED) is 0.467. The van der Waals surface area contributed by atoms with Crippen molar-refractivity contribution in [3.05, 3.63) is 34.9 Å². The number of rotatable bonds is 3. The van der Waals surface area contributed by atoms with Gasteiger partial charge in [-0.05, 0) is 19.1 Å². The third kappa shape index (κ3) is 4.88. The van der Waals surface area contributed by atoms with Crippen LogP contribution in [0.3, 0.4) is 0 Å². The van der Waals surface area contributed by atoms with Gasteiger partial charge < -0.3 is 0 Å². The largest absolute Gasteiger partial charge is 0.298 e. The lowest BCUT2D eigenvalue weighted by atomic mass is 10.1. The first-order chi connectivity index (χ1) is 8.13. The molecule has 0 N–H and O–H groups in total. The van der Waals surface area contributed by atoms with E-state index < -0.39 is 0 Å². The highest BCUT2D eigenvalue weighted by Gasteiger charge is 1.98. The maximum Gasteiger partial charge on any atom is 0.185 e. The predicted molar refractivity (Wildman–Crippen MR) is 71.2 cm³/mol. The SMILES string of the molecule is CC(=O)SCCC#Cc1ccc(C)cc1C=O. The predicted octanol–water partition coefficient (Wildman–Crippen LogP) is 2.83. The molecule has 0 aliphatic rings. The first-order valence-corrected chi connectivity index (χ1v) is 6.30. The summed E-state index contributed by atoms with van der Waals surface area (Å²) in [5, 5.41) is 0.107. The van der Waals surface area contributed by atoms with Crippen molar-refractivity contribution in [2.24, 2.45) is 0 Å². The minimum absolute atomic E-state index is 0.107. The minimum Gasteiger partial charge on any atom is -0.298 e. The molecule has 0 radical (unpaired) electrons. The molecule has 2 nitrogen and oxygen atoms in total. The van der Waals surface area contributed by atoms with Gasteiger partial charge in [0.2, 0.25) is 0 Å². The average Bonchev–Trinajstić information content (AvgIpc) is 2.29. The summed E-state index contributed by atoms with van der Waals surface area (Å²) in [5.41, 5.74) is 2.42. The van der Waals surface area contributed by atoms with Gasteiger partial charge in [-0.2, -0.15) is 0 Å². The summed E-state index contributed by atoms with van der Waals surface area (Å²) in [6.07, 6.45) is 1.47. The Morgan fingerprint density at radius 1 is 1.47 bits per heavy atom. The second-order valence-electron chi connectivity index (χ2n) is 3.60. The molecule has 88 valence electrons. The van der Waals surface area contributed by atoms with E-state index in [9.17, 15) is 9.59 Å². The Labute approximate surface area is 106 Å². The van der Waals surface area contributed by atoms with Gasteiger partial charge in [0, 0.05) is 30.2 Å². The highest BCUT2D eigenvalue weighted by molar-refractivity contribution is 8.13. The zero-order valence-electron chi connectivity index (χ0n) is 9.95. The molecule has 3 heteroatoms. The van der Waals surface area contributed by atoms with E-state index >= 15 is 0 Å². The zero-order chi connectivity index (χ0) is 12.7. The standard InChI is InChI=1S/C14H14O2S/c1-11-6-7-13(14(9-11)10-15)5-3-4-8-17-12(2)16/h6-7,9-10H,4,8H2,1-2H3. The minimum atomic E-state index is 0.107. The van der Waals surface area contributed by atoms with Gasteiger partial charge in [0.25, 0.3) is 0 Å². The van der Waals surface area contributed by atoms with E-state index in [4.69, 9.17) is 0 Å². The molecule has 0 unspecified atom stereocenters. The number of carbonyl (C=O) groups excluding carboxylic acids is 2. The van der Waals surface area contributed by atoms with Crippen molar-refractivity contribution in [2.75, 3.05) is 5.75 Å². The van der Waals surface area contributed by atoms with Crippen LogP contribution in [-0.2, 0) is 4.79 Å². The lowest BCUT2D eigenvalue weighted by Crippen LogP contribution is -1.89. The van der Waals surface area contributed by atoms with Crippen LogP contribution in [0.4, 0.5) is 0 Å². The van der Waals surface area contributed by atoms with E-state index in [1.165, 1.54) is 11.8 Å². The van der Waals surface area contributed by atoms with Crippen molar-refractivity contribution < 1.29 is 9.59 Å². The van der Waals surface area contributed by atoms with Crippen molar-refractivity contribution in [3.8, 4) is 11.8 Å². The van der Waals surface area contributed by atoms with Gasteiger partial charge in [-0.25, -0.2) is 0 Å². The molecule has 0 bridgehead atoms. The van der Waals surface area contributed by atoms with Crippen molar-refractivity contribution in [1.29, 1.82) is 0 Å². The molecule has 0 heterocycles. The van der Waals surface area contributed by atoms with E-state index in [0.717, 1.165) is 17.4 Å². The zero-order valence-corrected chi connectivity index (χ0v) is 10.8. The van der Waals surface area contributed by atoms with Crippen LogP contribution < -0.4 is 0 Å². The number of aryl methyl sites for hydroxylation is 1. The monoisotopic (exact) mass is 246 g/mol. The summed E-state index contributed by atoms with van der Waals surface area (Å²) in [5.74, 6) is 6.63. The first-order valence-electron chi connectivity index (χ1n) is 5.31. The van der Waals surface area contributed by atoms with Crippen molar-refractivity contribution in [3.63, 3.8) is 0 Å². The van der Waals surface area contributed by atoms with E-state index in [0.29, 0.717) is 17.7 Å². The van der Waals surface area contributed by atoms with Crippen LogP contribution in [0.25, 0.3) is 0 Å². The van der Waals surface area contributed by atoms with Gasteiger partial charge in [-0.3, -0.25) is 9.59 Å². The summed E-state index contributed by atoms with van der Waals surface area (Å²) in [6, 6.07) is 5.60. The Bertz CT molecular complexity index is 481. The normalized spacial score (nSPS) is 9.29. The molecule has 0 aliphatic carbocycles. The smallest absolute Gasteiger partial charge is 0.185 e. The molecule has 1 rings (SSSR count). The number of hydrogen-bond acceptors (Lipinski definition) is 3. The molecule has 0 amide bonds. The Hall–Kier alpha value is -1.53. The molecule has 0 fully saturated rings. The van der Waals surface area contributed by atoms with Crippen LogP contribution in [0.2, 0.25) is 0 Å². The van der Waals surface area contributed by atoms with Gasteiger partial charge in [-0.15, -0.1) is 0 Å². The van der Waals surface area contributed by atoms with Gasteiger partial charge in [0.1, 0.15) is 0 Å². The molecule has 0 saturated carbocycles. The van der Waals surface area contributed by atoms with E-state index in [1.54, 1.807) is 6.92 Å². The summed E-state index contributed by atoms with van der Waals surface area (Å²) in [7, 11) is 0. The molecule has 0 aromatic heterocycles. The maximum atomic E-state index is 10.8. The highest BCUT2D eigenvalue weighted by atomic mass is 32.2. The Morgan fingerprint density at radius 2 is 2.24 bits per heavy atom. The van der Waals surface area contributed by atoms with Crippen LogP contribution in [0.1, 0.15) is 34.8 Å². The topological polar surface area (TPSA) is 34.1 Å². The van der Waals surface area contributed by atoms with Crippen LogP contribution in [0, 0.1) is 18.8 Å². The third-order valence-corrected chi connectivity index (χ3v) is 2.90. The van der Waals surface area contributed by atoms with Crippen molar-refractivity contribution in [2.45, 2.75) is 20.3 Å². The molecular weight excluding hydrogens is 232 g/mol. The molecule has 0 aliphatic heterocycles. The second kappa shape index (κ2) is 6.93. The van der Waals surface area contributed by atoms with Gasteiger partial charge in [-0.1, -0.05) is 35.2 Å². The fourth-order valence-electron chi connectivity index (χ4n) is 1.30. The molecule has 0 atom stereocenters. The Morgan fingerprint density at radius 3 is 2.88 bits per heavy atom. The van der Waals surface area contributed by atoms with Gasteiger partial charge >= 0.3 is 0 Å². The van der Waals surface area contributed by atoms with Crippen LogP contribution in [-0.4, -0.2) is 17.2 Å². The molecular formula is C14H14O2S. The Balaban J connectivity index is 2.65. The maximum absolute atomic E-state index is 10.8. The van der Waals surface area contributed by atoms with E-state index in [2.05, 4.69) is 11.8 Å². The van der Waals surface area contributed by atoms with Crippen LogP contribution in [0.5, 0.6) is 0 Å². The van der Waals surface area contributed by atoms with Crippen molar-refractivity contribution in [1.82, 2.24) is 0 Å². The van der Waals surface area contributed by atoms with Crippen LogP contribution >= 0.6 is 11.8 Å². The average molecular weight is 246 g/mol. The van der Waals surface area contributed by atoms with E-state index in [1.807, 2.05) is 25.1 Å². The molecule has 0 spiro atoms. The fourth-order valence-corrected chi connectivity index (χ4v) is 1.79. The Kier molecular flexibility index (Phi) is 5.51. The number of aldehydes is 1. The molecule has 1 aromatic carbocycles. The number of carbonyl (C=O) groups is 2. The van der Waals surface area contributed by atoms with Gasteiger partial charge in [0.05, 0.1) is 0 Å². The summed E-state index contributed by atoms with van der Waals surface area (Å²) in [4.78, 5) is 21.5. The second-order valence-corrected chi connectivity index (χ2v) is 4.87. The molecule has 1 aromatic rings. The number of hydrogen-bond donors (Lipinski definition) is 0. The molecule has 0 saturated heterocycles. The molecule has 17 heavy (non-hydrogen) atoms. The summed E-state index contributed by atoms with van der Waals surface area (Å²) >= 11 is 1.27. The van der Waals surface area contributed by atoms with Crippen molar-refractivity contribution >= 4 is 23.2 Å². The van der Waals surface area contributed by atoms with Crippen LogP contribution in [0.15, 0.2) is 18.2 Å². The number of thioether (sulfide) groups is 1. The summed E-state index contributed by atoms with van der Waals surface area (Å²) in [6.45, 7) is 3.48. The lowest BCUT2D eigenvalue weighted by molar-refractivity contribution is -0.109.